The summed E-state index contributed by atoms with van der Waals surface area (Å²) in [5.74, 6) is 0.485. The Morgan fingerprint density at radius 2 is 1.70 bits per heavy atom. The Bertz CT molecular complexity index is 396. The molecule has 1 aromatic carbocycles. The highest BCUT2D eigenvalue weighted by molar-refractivity contribution is 5.19. The van der Waals surface area contributed by atoms with Gasteiger partial charge in [0.15, 0.2) is 0 Å². The molecule has 1 aromatic rings. The summed E-state index contributed by atoms with van der Waals surface area (Å²) in [6, 6.07) is 7.67. The zero-order chi connectivity index (χ0) is 14.5. The summed E-state index contributed by atoms with van der Waals surface area (Å²) in [5.41, 5.74) is 1.15. The van der Waals surface area contributed by atoms with Gasteiger partial charge in [-0.15, -0.1) is 0 Å². The number of rotatable bonds is 6. The van der Waals surface area contributed by atoms with Gasteiger partial charge in [0, 0.05) is 18.6 Å². The SMILES string of the molecule is CC(NCC(C(C)C)N1CCCC1)c1ccc(F)cc1. The Hall–Kier alpha value is -0.930. The second-order valence-corrected chi connectivity index (χ2v) is 6.24. The number of hydrogen-bond donors (Lipinski definition) is 1. The third-order valence-corrected chi connectivity index (χ3v) is 4.38. The van der Waals surface area contributed by atoms with Crippen LogP contribution >= 0.6 is 0 Å². The van der Waals surface area contributed by atoms with E-state index >= 15 is 0 Å². The number of nitrogens with one attached hydrogen (secondary N) is 1. The lowest BCUT2D eigenvalue weighted by atomic mass is 10.0. The molecule has 1 fully saturated rings. The first-order valence-corrected chi connectivity index (χ1v) is 7.81. The highest BCUT2D eigenvalue weighted by Crippen LogP contribution is 2.19. The molecule has 1 N–H and O–H groups in total. The van der Waals surface area contributed by atoms with Crippen molar-refractivity contribution in [3.63, 3.8) is 0 Å². The van der Waals surface area contributed by atoms with Crippen molar-refractivity contribution in [2.75, 3.05) is 19.6 Å². The van der Waals surface area contributed by atoms with Gasteiger partial charge in [-0.1, -0.05) is 26.0 Å². The molecule has 2 rings (SSSR count). The van der Waals surface area contributed by atoms with Gasteiger partial charge >= 0.3 is 0 Å². The molecule has 20 heavy (non-hydrogen) atoms. The molecule has 0 amide bonds. The van der Waals surface area contributed by atoms with Crippen molar-refractivity contribution in [3.8, 4) is 0 Å². The van der Waals surface area contributed by atoms with Gasteiger partial charge in [0.1, 0.15) is 5.82 Å². The maximum atomic E-state index is 12.9. The summed E-state index contributed by atoms with van der Waals surface area (Å²) in [4.78, 5) is 2.61. The van der Waals surface area contributed by atoms with Crippen LogP contribution in [0.1, 0.15) is 45.2 Å². The van der Waals surface area contributed by atoms with E-state index in [0.29, 0.717) is 12.0 Å². The molecule has 0 aliphatic carbocycles. The van der Waals surface area contributed by atoms with Crippen LogP contribution in [-0.4, -0.2) is 30.6 Å². The van der Waals surface area contributed by atoms with Crippen LogP contribution in [0.4, 0.5) is 4.39 Å². The summed E-state index contributed by atoms with van der Waals surface area (Å²) >= 11 is 0. The van der Waals surface area contributed by atoms with Gasteiger partial charge in [-0.2, -0.15) is 0 Å². The molecular formula is C17H27FN2. The molecule has 1 saturated heterocycles. The van der Waals surface area contributed by atoms with E-state index in [4.69, 9.17) is 0 Å². The Labute approximate surface area is 122 Å². The van der Waals surface area contributed by atoms with Crippen LogP contribution < -0.4 is 5.32 Å². The van der Waals surface area contributed by atoms with Crippen LogP contribution in [0.2, 0.25) is 0 Å². The van der Waals surface area contributed by atoms with Gasteiger partial charge in [-0.25, -0.2) is 4.39 Å². The van der Waals surface area contributed by atoms with E-state index in [-0.39, 0.29) is 11.9 Å². The van der Waals surface area contributed by atoms with Crippen molar-refractivity contribution in [1.29, 1.82) is 0 Å². The van der Waals surface area contributed by atoms with E-state index < -0.39 is 0 Å². The molecule has 2 unspecified atom stereocenters. The van der Waals surface area contributed by atoms with Crippen LogP contribution in [0.3, 0.4) is 0 Å². The molecular weight excluding hydrogens is 251 g/mol. The Balaban J connectivity index is 1.89. The average molecular weight is 278 g/mol. The fraction of sp³-hybridized carbons (Fsp3) is 0.647. The lowest BCUT2D eigenvalue weighted by Gasteiger charge is -2.32. The molecule has 1 aliphatic rings. The molecule has 0 bridgehead atoms. The summed E-state index contributed by atoms with van der Waals surface area (Å²) in [6.07, 6.45) is 2.66. The number of likely N-dealkylation sites (tertiary alicyclic amines) is 1. The van der Waals surface area contributed by atoms with E-state index in [1.54, 1.807) is 0 Å². The summed E-state index contributed by atoms with van der Waals surface area (Å²) < 4.78 is 12.9. The molecule has 112 valence electrons. The summed E-state index contributed by atoms with van der Waals surface area (Å²) in [6.45, 7) is 10.2. The summed E-state index contributed by atoms with van der Waals surface area (Å²) in [7, 11) is 0. The minimum atomic E-state index is -0.168. The topological polar surface area (TPSA) is 15.3 Å². The highest BCUT2D eigenvalue weighted by Gasteiger charge is 2.24. The molecule has 0 spiro atoms. The van der Waals surface area contributed by atoms with Gasteiger partial charge in [-0.3, -0.25) is 4.90 Å². The van der Waals surface area contributed by atoms with Crippen LogP contribution in [0, 0.1) is 11.7 Å². The third-order valence-electron chi connectivity index (χ3n) is 4.38. The first kappa shape index (κ1) is 15.5. The lowest BCUT2D eigenvalue weighted by Crippen LogP contribution is -2.44. The zero-order valence-corrected chi connectivity index (χ0v) is 12.9. The van der Waals surface area contributed by atoms with Crippen molar-refractivity contribution in [2.45, 2.75) is 45.7 Å². The molecule has 2 nitrogen and oxygen atoms in total. The van der Waals surface area contributed by atoms with Gasteiger partial charge in [0.25, 0.3) is 0 Å². The average Bonchev–Trinajstić information content (AvgIpc) is 2.93. The molecule has 2 atom stereocenters. The van der Waals surface area contributed by atoms with Crippen LogP contribution in [0.25, 0.3) is 0 Å². The molecule has 0 radical (unpaired) electrons. The largest absolute Gasteiger partial charge is 0.309 e. The first-order valence-electron chi connectivity index (χ1n) is 7.81. The van der Waals surface area contributed by atoms with Crippen LogP contribution in [0.5, 0.6) is 0 Å². The predicted octanol–water partition coefficient (Wildman–Crippen LogP) is 3.60. The zero-order valence-electron chi connectivity index (χ0n) is 12.9. The molecule has 1 heterocycles. The Morgan fingerprint density at radius 3 is 2.25 bits per heavy atom. The predicted molar refractivity (Wildman–Crippen MR) is 82.3 cm³/mol. The quantitative estimate of drug-likeness (QED) is 0.855. The van der Waals surface area contributed by atoms with Gasteiger partial charge < -0.3 is 5.32 Å². The smallest absolute Gasteiger partial charge is 0.123 e. The standard InChI is InChI=1S/C17H27FN2/c1-13(2)17(20-10-4-5-11-20)12-19-14(3)15-6-8-16(18)9-7-15/h6-9,13-14,17,19H,4-5,10-12H2,1-3H3. The number of nitrogens with zero attached hydrogens (tertiary/aromatic N) is 1. The van der Waals surface area contributed by atoms with E-state index in [2.05, 4.69) is 31.0 Å². The first-order chi connectivity index (χ1) is 9.58. The van der Waals surface area contributed by atoms with Crippen molar-refractivity contribution in [3.05, 3.63) is 35.6 Å². The lowest BCUT2D eigenvalue weighted by molar-refractivity contribution is 0.183. The van der Waals surface area contributed by atoms with E-state index in [9.17, 15) is 4.39 Å². The molecule has 3 heteroatoms. The highest BCUT2D eigenvalue weighted by atomic mass is 19.1. The van der Waals surface area contributed by atoms with E-state index in [1.165, 1.54) is 38.1 Å². The molecule has 0 aromatic heterocycles. The van der Waals surface area contributed by atoms with E-state index in [0.717, 1.165) is 12.1 Å². The van der Waals surface area contributed by atoms with Gasteiger partial charge in [0.05, 0.1) is 0 Å². The minimum Gasteiger partial charge on any atom is -0.309 e. The van der Waals surface area contributed by atoms with Crippen molar-refractivity contribution in [2.24, 2.45) is 5.92 Å². The van der Waals surface area contributed by atoms with E-state index in [1.807, 2.05) is 12.1 Å². The van der Waals surface area contributed by atoms with Crippen molar-refractivity contribution in [1.82, 2.24) is 10.2 Å². The van der Waals surface area contributed by atoms with Crippen molar-refractivity contribution >= 4 is 0 Å². The van der Waals surface area contributed by atoms with Gasteiger partial charge in [-0.05, 0) is 56.5 Å². The fourth-order valence-electron chi connectivity index (χ4n) is 3.03. The van der Waals surface area contributed by atoms with Crippen LogP contribution in [-0.2, 0) is 0 Å². The second kappa shape index (κ2) is 7.19. The molecule has 1 aliphatic heterocycles. The number of halogens is 1. The normalized spacial score (nSPS) is 19.4. The van der Waals surface area contributed by atoms with Gasteiger partial charge in [0.2, 0.25) is 0 Å². The minimum absolute atomic E-state index is 0.168. The fourth-order valence-corrected chi connectivity index (χ4v) is 3.03. The maximum Gasteiger partial charge on any atom is 0.123 e. The van der Waals surface area contributed by atoms with Crippen LogP contribution in [0.15, 0.2) is 24.3 Å². The molecule has 0 saturated carbocycles. The monoisotopic (exact) mass is 278 g/mol. The number of benzene rings is 1. The third kappa shape index (κ3) is 4.03. The number of hydrogen-bond acceptors (Lipinski definition) is 2. The summed E-state index contributed by atoms with van der Waals surface area (Å²) in [5, 5.41) is 3.61. The van der Waals surface area contributed by atoms with Crippen molar-refractivity contribution < 1.29 is 4.39 Å². The second-order valence-electron chi connectivity index (χ2n) is 6.24. The Morgan fingerprint density at radius 1 is 1.10 bits per heavy atom. The Kier molecular flexibility index (Phi) is 5.55. The maximum absolute atomic E-state index is 12.9.